The van der Waals surface area contributed by atoms with Crippen LogP contribution in [0.15, 0.2) is 36.0 Å². The fourth-order valence-corrected chi connectivity index (χ4v) is 2.17. The van der Waals surface area contributed by atoms with E-state index in [-0.39, 0.29) is 17.9 Å². The highest BCUT2D eigenvalue weighted by molar-refractivity contribution is 5.96. The molecule has 0 spiro atoms. The summed E-state index contributed by atoms with van der Waals surface area (Å²) in [6.45, 7) is 10.5. The summed E-state index contributed by atoms with van der Waals surface area (Å²) in [5, 5.41) is 0. The molecule has 0 aromatic rings. The molecule has 0 saturated carbocycles. The van der Waals surface area contributed by atoms with Gasteiger partial charge in [0.1, 0.15) is 0 Å². The van der Waals surface area contributed by atoms with E-state index in [9.17, 15) is 9.59 Å². The second-order valence-electron chi connectivity index (χ2n) is 5.39. The van der Waals surface area contributed by atoms with Gasteiger partial charge in [0.05, 0.1) is 6.04 Å². The first-order chi connectivity index (χ1) is 9.36. The second kappa shape index (κ2) is 7.08. The lowest BCUT2D eigenvalue weighted by Gasteiger charge is -2.23. The van der Waals surface area contributed by atoms with Crippen LogP contribution in [0.1, 0.15) is 27.2 Å². The molecule has 20 heavy (non-hydrogen) atoms. The van der Waals surface area contributed by atoms with Gasteiger partial charge in [0.2, 0.25) is 5.91 Å². The Morgan fingerprint density at radius 2 is 1.90 bits per heavy atom. The van der Waals surface area contributed by atoms with Crippen molar-refractivity contribution in [1.29, 1.82) is 0 Å². The molecule has 1 aliphatic rings. The average molecular weight is 276 g/mol. The Balaban J connectivity index is 2.74. The third-order valence-electron chi connectivity index (χ3n) is 3.56. The third-order valence-corrected chi connectivity index (χ3v) is 3.56. The molecule has 0 unspecified atom stereocenters. The van der Waals surface area contributed by atoms with Gasteiger partial charge in [-0.05, 0) is 26.3 Å². The monoisotopic (exact) mass is 276 g/mol. The van der Waals surface area contributed by atoms with Crippen LogP contribution in [0.2, 0.25) is 0 Å². The lowest BCUT2D eigenvalue weighted by Crippen LogP contribution is -2.39. The molecule has 1 atom stereocenters. The highest BCUT2D eigenvalue weighted by atomic mass is 16.2. The van der Waals surface area contributed by atoms with E-state index in [4.69, 9.17) is 0 Å². The Labute approximate surface area is 121 Å². The van der Waals surface area contributed by atoms with Crippen LogP contribution in [-0.2, 0) is 9.59 Å². The molecule has 1 fully saturated rings. The number of carbonyl (C=O) groups is 2. The maximum atomic E-state index is 12.4. The van der Waals surface area contributed by atoms with Gasteiger partial charge in [0.25, 0.3) is 5.91 Å². The smallest absolute Gasteiger partial charge is 0.253 e. The molecule has 1 heterocycles. The van der Waals surface area contributed by atoms with Crippen LogP contribution in [0.3, 0.4) is 0 Å². The zero-order valence-electron chi connectivity index (χ0n) is 12.8. The number of likely N-dealkylation sites (tertiary alicyclic amines) is 1. The lowest BCUT2D eigenvalue weighted by molar-refractivity contribution is -0.130. The van der Waals surface area contributed by atoms with Crippen molar-refractivity contribution in [3.05, 3.63) is 36.0 Å². The molecule has 2 amide bonds. The van der Waals surface area contributed by atoms with Gasteiger partial charge >= 0.3 is 0 Å². The molecule has 0 N–H and O–H groups in total. The zero-order valence-corrected chi connectivity index (χ0v) is 12.8. The van der Waals surface area contributed by atoms with Crippen molar-refractivity contribution in [2.24, 2.45) is 0 Å². The first kappa shape index (κ1) is 16.2. The highest BCUT2D eigenvalue weighted by Crippen LogP contribution is 2.17. The predicted octanol–water partition coefficient (Wildman–Crippen LogP) is 2.14. The van der Waals surface area contributed by atoms with E-state index in [0.717, 1.165) is 12.0 Å². The van der Waals surface area contributed by atoms with Gasteiger partial charge in [-0.15, -0.1) is 0 Å². The molecule has 1 aliphatic heterocycles. The first-order valence-corrected chi connectivity index (χ1v) is 6.87. The molecule has 0 aromatic heterocycles. The van der Waals surface area contributed by atoms with Crippen molar-refractivity contribution in [2.45, 2.75) is 33.2 Å². The molecule has 0 aromatic carbocycles. The number of rotatable bonds is 4. The minimum absolute atomic E-state index is 0.0167. The summed E-state index contributed by atoms with van der Waals surface area (Å²) in [6, 6.07) is 0.117. The number of amides is 2. The molecule has 110 valence electrons. The van der Waals surface area contributed by atoms with Gasteiger partial charge in [-0.3, -0.25) is 9.59 Å². The second-order valence-corrected chi connectivity index (χ2v) is 5.39. The van der Waals surface area contributed by atoms with Crippen molar-refractivity contribution < 1.29 is 9.59 Å². The molecule has 1 rings (SSSR count). The van der Waals surface area contributed by atoms with Crippen molar-refractivity contribution in [2.75, 3.05) is 20.1 Å². The van der Waals surface area contributed by atoms with Crippen LogP contribution in [0.5, 0.6) is 0 Å². The van der Waals surface area contributed by atoms with E-state index >= 15 is 0 Å². The number of nitrogens with zero attached hydrogens (tertiary/aromatic N) is 2. The van der Waals surface area contributed by atoms with Gasteiger partial charge in [0.15, 0.2) is 0 Å². The largest absolute Gasteiger partial charge is 0.341 e. The number of carbonyl (C=O) groups excluding carboxylic acids is 2. The summed E-state index contributed by atoms with van der Waals surface area (Å²) in [7, 11) is 1.79. The number of hydrogen-bond donors (Lipinski definition) is 0. The SMILES string of the molecule is C=C/C(=C\C=C(C)C)C(=O)N1CC[C@H](N(C)C(C)=O)C1. The van der Waals surface area contributed by atoms with E-state index in [2.05, 4.69) is 6.58 Å². The van der Waals surface area contributed by atoms with Gasteiger partial charge in [-0.1, -0.05) is 24.3 Å². The van der Waals surface area contributed by atoms with Gasteiger partial charge in [-0.2, -0.15) is 0 Å². The number of hydrogen-bond acceptors (Lipinski definition) is 2. The van der Waals surface area contributed by atoms with Crippen molar-refractivity contribution >= 4 is 11.8 Å². The minimum atomic E-state index is -0.0167. The van der Waals surface area contributed by atoms with Crippen molar-refractivity contribution in [3.63, 3.8) is 0 Å². The molecule has 4 heteroatoms. The first-order valence-electron chi connectivity index (χ1n) is 6.87. The maximum Gasteiger partial charge on any atom is 0.253 e. The molecular formula is C16H24N2O2. The highest BCUT2D eigenvalue weighted by Gasteiger charge is 2.30. The summed E-state index contributed by atoms with van der Waals surface area (Å²) in [5.41, 5.74) is 1.73. The fourth-order valence-electron chi connectivity index (χ4n) is 2.17. The standard InChI is InChI=1S/C16H24N2O2/c1-6-14(8-7-12(2)3)16(20)18-10-9-15(11-18)17(5)13(4)19/h6-8,15H,1,9-11H2,2-5H3/b14-8+/t15-/m0/s1. The van der Waals surface area contributed by atoms with Gasteiger partial charge < -0.3 is 9.80 Å². The van der Waals surface area contributed by atoms with Gasteiger partial charge in [-0.25, -0.2) is 0 Å². The molecular weight excluding hydrogens is 252 g/mol. The summed E-state index contributed by atoms with van der Waals surface area (Å²) in [6.07, 6.45) is 6.12. The Bertz CT molecular complexity index is 459. The van der Waals surface area contributed by atoms with Crippen LogP contribution in [0.4, 0.5) is 0 Å². The Morgan fingerprint density at radius 3 is 2.40 bits per heavy atom. The van der Waals surface area contributed by atoms with Crippen LogP contribution < -0.4 is 0 Å². The van der Waals surface area contributed by atoms with E-state index in [1.807, 2.05) is 19.9 Å². The predicted molar refractivity (Wildman–Crippen MR) is 81.1 cm³/mol. The fraction of sp³-hybridized carbons (Fsp3) is 0.500. The van der Waals surface area contributed by atoms with E-state index in [1.165, 1.54) is 0 Å². The van der Waals surface area contributed by atoms with Crippen molar-refractivity contribution in [3.8, 4) is 0 Å². The average Bonchev–Trinajstić information content (AvgIpc) is 2.87. The van der Waals surface area contributed by atoms with Crippen LogP contribution in [0, 0.1) is 0 Å². The molecule has 0 radical (unpaired) electrons. The van der Waals surface area contributed by atoms with Crippen LogP contribution >= 0.6 is 0 Å². The maximum absolute atomic E-state index is 12.4. The lowest BCUT2D eigenvalue weighted by atomic mass is 10.2. The summed E-state index contributed by atoms with van der Waals surface area (Å²) < 4.78 is 0. The van der Waals surface area contributed by atoms with E-state index < -0.39 is 0 Å². The van der Waals surface area contributed by atoms with Gasteiger partial charge in [0, 0.05) is 32.6 Å². The quantitative estimate of drug-likeness (QED) is 0.583. The zero-order chi connectivity index (χ0) is 15.3. The van der Waals surface area contributed by atoms with Crippen LogP contribution in [-0.4, -0.2) is 47.8 Å². The minimum Gasteiger partial charge on any atom is -0.341 e. The number of allylic oxidation sites excluding steroid dienone is 3. The van der Waals surface area contributed by atoms with E-state index in [0.29, 0.717) is 18.7 Å². The summed E-state index contributed by atoms with van der Waals surface area (Å²) in [4.78, 5) is 27.2. The number of likely N-dealkylation sites (N-methyl/N-ethyl adjacent to an activating group) is 1. The Hall–Kier alpha value is -1.84. The summed E-state index contributed by atoms with van der Waals surface area (Å²) >= 11 is 0. The van der Waals surface area contributed by atoms with E-state index in [1.54, 1.807) is 35.9 Å². The molecule has 0 bridgehead atoms. The Morgan fingerprint density at radius 1 is 1.25 bits per heavy atom. The Kier molecular flexibility index (Phi) is 5.74. The molecule has 0 aliphatic carbocycles. The topological polar surface area (TPSA) is 40.6 Å². The third kappa shape index (κ3) is 4.08. The molecule has 1 saturated heterocycles. The van der Waals surface area contributed by atoms with Crippen molar-refractivity contribution in [1.82, 2.24) is 9.80 Å². The molecule has 4 nitrogen and oxygen atoms in total. The normalized spacial score (nSPS) is 18.7. The van der Waals surface area contributed by atoms with Crippen LogP contribution in [0.25, 0.3) is 0 Å². The summed E-state index contributed by atoms with van der Waals surface area (Å²) in [5.74, 6) is 0.0188.